The molecule has 0 spiro atoms. The molecular formula is C23H27N7O3. The number of carboxylic acid groups (broad SMARTS) is 1. The van der Waals surface area contributed by atoms with Gasteiger partial charge in [0.25, 0.3) is 5.56 Å². The molecule has 5 rings (SSSR count). The van der Waals surface area contributed by atoms with E-state index in [4.69, 9.17) is 5.11 Å². The molecule has 1 saturated heterocycles. The zero-order valence-electron chi connectivity index (χ0n) is 18.6. The third kappa shape index (κ3) is 4.20. The van der Waals surface area contributed by atoms with E-state index in [0.29, 0.717) is 49.2 Å². The number of anilines is 3. The second kappa shape index (κ2) is 8.68. The van der Waals surface area contributed by atoms with Crippen molar-refractivity contribution in [3.8, 4) is 0 Å². The summed E-state index contributed by atoms with van der Waals surface area (Å²) in [7, 11) is 0. The molecule has 0 unspecified atom stereocenters. The maximum atomic E-state index is 12.9. The van der Waals surface area contributed by atoms with Gasteiger partial charge in [0.1, 0.15) is 11.5 Å². The lowest BCUT2D eigenvalue weighted by Crippen LogP contribution is -2.48. The molecule has 0 aromatic carbocycles. The minimum atomic E-state index is -0.878. The molecule has 2 aliphatic rings. The molecule has 2 N–H and O–H groups in total. The number of pyridine rings is 2. The fourth-order valence-electron chi connectivity index (χ4n) is 4.74. The average molecular weight is 450 g/mol. The van der Waals surface area contributed by atoms with Gasteiger partial charge in [-0.1, -0.05) is 12.8 Å². The summed E-state index contributed by atoms with van der Waals surface area (Å²) in [5, 5.41) is 13.1. The smallest absolute Gasteiger partial charge is 0.407 e. The first-order valence-electron chi connectivity index (χ1n) is 11.3. The minimum absolute atomic E-state index is 0.0181. The van der Waals surface area contributed by atoms with Crippen LogP contribution in [0, 0.1) is 6.92 Å². The van der Waals surface area contributed by atoms with Crippen molar-refractivity contribution >= 4 is 34.6 Å². The second-order valence-electron chi connectivity index (χ2n) is 8.70. The monoisotopic (exact) mass is 449 g/mol. The van der Waals surface area contributed by atoms with Crippen molar-refractivity contribution < 1.29 is 9.90 Å². The van der Waals surface area contributed by atoms with Crippen LogP contribution in [-0.4, -0.2) is 61.8 Å². The molecule has 3 aromatic rings. The maximum absolute atomic E-state index is 12.9. The number of aryl methyl sites for hydroxylation is 1. The number of nitrogens with zero attached hydrogens (tertiary/aromatic N) is 6. The Labute approximate surface area is 190 Å². The lowest BCUT2D eigenvalue weighted by Gasteiger charge is -2.34. The summed E-state index contributed by atoms with van der Waals surface area (Å²) in [6, 6.07) is 5.84. The Morgan fingerprint density at radius 2 is 1.85 bits per heavy atom. The number of amides is 1. The summed E-state index contributed by atoms with van der Waals surface area (Å²) in [4.78, 5) is 41.1. The highest BCUT2D eigenvalue weighted by atomic mass is 16.4. The van der Waals surface area contributed by atoms with E-state index in [1.807, 2.05) is 29.7 Å². The normalized spacial score (nSPS) is 17.0. The summed E-state index contributed by atoms with van der Waals surface area (Å²) in [6.45, 7) is 4.05. The Kier molecular flexibility index (Phi) is 5.57. The predicted molar refractivity (Wildman–Crippen MR) is 125 cm³/mol. The van der Waals surface area contributed by atoms with Gasteiger partial charge in [-0.15, -0.1) is 0 Å². The Morgan fingerprint density at radius 3 is 2.52 bits per heavy atom. The van der Waals surface area contributed by atoms with Crippen molar-refractivity contribution in [1.29, 1.82) is 0 Å². The van der Waals surface area contributed by atoms with Gasteiger partial charge in [-0.3, -0.25) is 9.36 Å². The lowest BCUT2D eigenvalue weighted by molar-refractivity contribution is 0.142. The molecule has 2 fully saturated rings. The number of hydrogen-bond acceptors (Lipinski definition) is 7. The molecule has 1 aliphatic carbocycles. The number of aromatic nitrogens is 4. The van der Waals surface area contributed by atoms with Crippen LogP contribution < -0.4 is 15.8 Å². The molecule has 3 aromatic heterocycles. The van der Waals surface area contributed by atoms with Gasteiger partial charge in [0, 0.05) is 49.4 Å². The third-order valence-electron chi connectivity index (χ3n) is 6.55. The van der Waals surface area contributed by atoms with E-state index in [-0.39, 0.29) is 11.6 Å². The van der Waals surface area contributed by atoms with Crippen LogP contribution in [0.1, 0.15) is 37.3 Å². The van der Waals surface area contributed by atoms with Gasteiger partial charge in [0.2, 0.25) is 5.95 Å². The molecule has 172 valence electrons. The zero-order chi connectivity index (χ0) is 22.9. The van der Waals surface area contributed by atoms with E-state index in [0.717, 1.165) is 36.8 Å². The van der Waals surface area contributed by atoms with Gasteiger partial charge in [-0.25, -0.2) is 14.8 Å². The number of fused-ring (bicyclic) bond motifs is 1. The molecule has 0 bridgehead atoms. The first kappa shape index (κ1) is 21.2. The summed E-state index contributed by atoms with van der Waals surface area (Å²) in [6.07, 6.45) is 6.88. The van der Waals surface area contributed by atoms with Crippen LogP contribution in [0.4, 0.5) is 22.2 Å². The number of rotatable bonds is 4. The molecule has 4 heterocycles. The SMILES string of the molecule is Cc1cc2cnc(Nc3ccc(N4CCN(C(=O)O)CC4)cn3)nc2n(C2CCCC2)c1=O. The van der Waals surface area contributed by atoms with Crippen LogP contribution >= 0.6 is 0 Å². The largest absolute Gasteiger partial charge is 0.465 e. The molecule has 0 atom stereocenters. The molecular weight excluding hydrogens is 422 g/mol. The average Bonchev–Trinajstić information content (AvgIpc) is 3.35. The van der Waals surface area contributed by atoms with Crippen LogP contribution in [-0.2, 0) is 0 Å². The third-order valence-corrected chi connectivity index (χ3v) is 6.55. The van der Waals surface area contributed by atoms with E-state index >= 15 is 0 Å². The minimum Gasteiger partial charge on any atom is -0.465 e. The van der Waals surface area contributed by atoms with E-state index in [2.05, 4.69) is 25.2 Å². The Hall–Kier alpha value is -3.69. The van der Waals surface area contributed by atoms with Crippen LogP contribution in [0.5, 0.6) is 0 Å². The molecule has 1 amide bonds. The zero-order valence-corrected chi connectivity index (χ0v) is 18.6. The van der Waals surface area contributed by atoms with Gasteiger partial charge < -0.3 is 20.2 Å². The topological polar surface area (TPSA) is 116 Å². The number of nitrogens with one attached hydrogen (secondary N) is 1. The quantitative estimate of drug-likeness (QED) is 0.624. The van der Waals surface area contributed by atoms with Crippen LogP contribution in [0.2, 0.25) is 0 Å². The Bertz CT molecular complexity index is 1230. The fourth-order valence-corrected chi connectivity index (χ4v) is 4.74. The van der Waals surface area contributed by atoms with Crippen LogP contribution in [0.25, 0.3) is 11.0 Å². The molecule has 10 nitrogen and oxygen atoms in total. The van der Waals surface area contributed by atoms with Gasteiger partial charge >= 0.3 is 6.09 Å². The highest BCUT2D eigenvalue weighted by molar-refractivity contribution is 5.76. The highest BCUT2D eigenvalue weighted by Crippen LogP contribution is 2.30. The van der Waals surface area contributed by atoms with Crippen molar-refractivity contribution in [3.63, 3.8) is 0 Å². The van der Waals surface area contributed by atoms with E-state index in [1.54, 1.807) is 12.4 Å². The molecule has 1 aliphatic heterocycles. The van der Waals surface area contributed by atoms with Gasteiger partial charge in [0.15, 0.2) is 0 Å². The Morgan fingerprint density at radius 1 is 1.09 bits per heavy atom. The van der Waals surface area contributed by atoms with Crippen molar-refractivity contribution in [1.82, 2.24) is 24.4 Å². The van der Waals surface area contributed by atoms with Crippen molar-refractivity contribution in [2.75, 3.05) is 36.4 Å². The first-order chi connectivity index (χ1) is 16.0. The van der Waals surface area contributed by atoms with Crippen molar-refractivity contribution in [2.24, 2.45) is 0 Å². The van der Waals surface area contributed by atoms with E-state index < -0.39 is 6.09 Å². The number of piperazine rings is 1. The molecule has 10 heteroatoms. The molecule has 1 saturated carbocycles. The van der Waals surface area contributed by atoms with Gasteiger partial charge in [0.05, 0.1) is 11.9 Å². The van der Waals surface area contributed by atoms with Crippen molar-refractivity contribution in [2.45, 2.75) is 38.6 Å². The van der Waals surface area contributed by atoms with E-state index in [1.165, 1.54) is 4.90 Å². The highest BCUT2D eigenvalue weighted by Gasteiger charge is 2.22. The summed E-state index contributed by atoms with van der Waals surface area (Å²) in [5.74, 6) is 0.997. The lowest BCUT2D eigenvalue weighted by atomic mass is 10.2. The number of hydrogen-bond donors (Lipinski definition) is 2. The maximum Gasteiger partial charge on any atom is 0.407 e. The molecule has 33 heavy (non-hydrogen) atoms. The fraction of sp³-hybridized carbons (Fsp3) is 0.435. The summed E-state index contributed by atoms with van der Waals surface area (Å²) in [5.41, 5.74) is 2.32. The Balaban J connectivity index is 1.36. The molecule has 0 radical (unpaired) electrons. The number of carbonyl (C=O) groups is 1. The van der Waals surface area contributed by atoms with E-state index in [9.17, 15) is 9.59 Å². The van der Waals surface area contributed by atoms with Crippen LogP contribution in [0.15, 0.2) is 35.4 Å². The van der Waals surface area contributed by atoms with Gasteiger partial charge in [-0.2, -0.15) is 4.98 Å². The standard InChI is InChI=1S/C23H27N7O3/c1-15-12-16-13-25-22(27-20(16)30(21(15)31)17-4-2-3-5-17)26-19-7-6-18(14-24-19)28-8-10-29(11-9-28)23(32)33/h6-7,12-14,17H,2-5,8-11H2,1H3,(H,32,33)(H,24,25,26,27). The summed E-state index contributed by atoms with van der Waals surface area (Å²) >= 11 is 0. The van der Waals surface area contributed by atoms with Crippen LogP contribution in [0.3, 0.4) is 0 Å². The summed E-state index contributed by atoms with van der Waals surface area (Å²) < 4.78 is 1.85. The van der Waals surface area contributed by atoms with Gasteiger partial charge in [-0.05, 0) is 38.0 Å². The second-order valence-corrected chi connectivity index (χ2v) is 8.70. The first-order valence-corrected chi connectivity index (χ1v) is 11.3. The van der Waals surface area contributed by atoms with Crippen molar-refractivity contribution in [3.05, 3.63) is 46.5 Å². The predicted octanol–water partition coefficient (Wildman–Crippen LogP) is 3.15.